The fourth-order valence-corrected chi connectivity index (χ4v) is 7.69. The second-order valence-corrected chi connectivity index (χ2v) is 13.8. The minimum atomic E-state index is 0.565. The highest BCUT2D eigenvalue weighted by atomic mass is 16.4. The van der Waals surface area contributed by atoms with Crippen LogP contribution in [0.25, 0.3) is 112 Å². The predicted molar refractivity (Wildman–Crippen MR) is 225 cm³/mol. The number of para-hydroxylation sites is 1. The van der Waals surface area contributed by atoms with E-state index in [1.807, 2.05) is 91.0 Å². The van der Waals surface area contributed by atoms with Gasteiger partial charge in [-0.1, -0.05) is 146 Å². The molecule has 0 amide bonds. The topological polar surface area (TPSA) is 77.8 Å². The molecule has 0 atom stereocenters. The maximum absolute atomic E-state index is 6.68. The maximum Gasteiger partial charge on any atom is 0.227 e. The number of nitrogens with zero attached hydrogens (tertiary/aromatic N) is 4. The van der Waals surface area contributed by atoms with Crippen LogP contribution in [0.2, 0.25) is 0 Å². The molecule has 0 aliphatic carbocycles. The molecule has 0 fully saturated rings. The number of benzene rings is 8. The summed E-state index contributed by atoms with van der Waals surface area (Å²) in [5, 5.41) is 4.11. The molecule has 8 aromatic carbocycles. The van der Waals surface area contributed by atoms with Gasteiger partial charge in [0.1, 0.15) is 16.7 Å². The summed E-state index contributed by atoms with van der Waals surface area (Å²) in [4.78, 5) is 20.1. The Morgan fingerprint density at radius 2 is 0.964 bits per heavy atom. The van der Waals surface area contributed by atoms with Crippen molar-refractivity contribution in [2.45, 2.75) is 0 Å². The van der Waals surface area contributed by atoms with Gasteiger partial charge in [-0.15, -0.1) is 0 Å². The van der Waals surface area contributed by atoms with Crippen LogP contribution < -0.4 is 0 Å². The van der Waals surface area contributed by atoms with Crippen molar-refractivity contribution in [3.8, 4) is 67.9 Å². The van der Waals surface area contributed by atoms with E-state index in [-0.39, 0.29) is 0 Å². The second kappa shape index (κ2) is 13.0. The van der Waals surface area contributed by atoms with Crippen LogP contribution in [0.5, 0.6) is 0 Å². The van der Waals surface area contributed by atoms with Gasteiger partial charge in [0.2, 0.25) is 5.89 Å². The van der Waals surface area contributed by atoms with Crippen molar-refractivity contribution in [1.29, 1.82) is 0 Å². The molecule has 6 heteroatoms. The summed E-state index contributed by atoms with van der Waals surface area (Å²) >= 11 is 0. The normalized spacial score (nSPS) is 11.6. The van der Waals surface area contributed by atoms with Gasteiger partial charge < -0.3 is 8.83 Å². The van der Waals surface area contributed by atoms with Gasteiger partial charge in [-0.3, -0.25) is 0 Å². The lowest BCUT2D eigenvalue weighted by molar-refractivity contribution is 0.621. The van der Waals surface area contributed by atoms with E-state index in [0.717, 1.165) is 82.7 Å². The Balaban J connectivity index is 1.10. The Kier molecular flexibility index (Phi) is 7.38. The Bertz CT molecular complexity index is 3240. The van der Waals surface area contributed by atoms with E-state index in [4.69, 9.17) is 28.8 Å². The van der Waals surface area contributed by atoms with Gasteiger partial charge in [0.05, 0.1) is 0 Å². The van der Waals surface area contributed by atoms with Crippen LogP contribution in [0.3, 0.4) is 0 Å². The first-order chi connectivity index (χ1) is 27.7. The van der Waals surface area contributed by atoms with Crippen molar-refractivity contribution in [2.75, 3.05) is 0 Å². The molecular weight excluding hydrogens is 689 g/mol. The molecule has 56 heavy (non-hydrogen) atoms. The van der Waals surface area contributed by atoms with Crippen molar-refractivity contribution < 1.29 is 8.83 Å². The number of hydrogen-bond donors (Lipinski definition) is 0. The Morgan fingerprint density at radius 1 is 0.357 bits per heavy atom. The summed E-state index contributed by atoms with van der Waals surface area (Å²) in [6, 6.07) is 61.7. The summed E-state index contributed by atoms with van der Waals surface area (Å²) in [7, 11) is 0. The maximum atomic E-state index is 6.68. The zero-order valence-corrected chi connectivity index (χ0v) is 29.9. The van der Waals surface area contributed by atoms with Crippen molar-refractivity contribution in [1.82, 2.24) is 19.9 Å². The molecule has 0 N–H and O–H groups in total. The van der Waals surface area contributed by atoms with E-state index in [1.54, 1.807) is 0 Å². The first kappa shape index (κ1) is 31.8. The molecule has 0 saturated carbocycles. The molecule has 0 aliphatic rings. The molecule has 3 aromatic heterocycles. The van der Waals surface area contributed by atoms with Crippen LogP contribution in [0.1, 0.15) is 0 Å². The van der Waals surface area contributed by atoms with Gasteiger partial charge in [0.15, 0.2) is 23.1 Å². The minimum absolute atomic E-state index is 0.565. The lowest BCUT2D eigenvalue weighted by Crippen LogP contribution is -2.00. The summed E-state index contributed by atoms with van der Waals surface area (Å²) in [6.07, 6.45) is 0. The lowest BCUT2D eigenvalue weighted by Gasteiger charge is -2.12. The number of oxazole rings is 1. The van der Waals surface area contributed by atoms with E-state index in [2.05, 4.69) is 91.0 Å². The standard InChI is InChI=1S/C50H30N4O2/c1-4-14-31(15-5-1)34-20-12-22-36(28-34)48-52-47(32-16-6-2-7-17-32)53-49(54-48)37-26-27-38-35(29-37)21-13-24-39(38)45-44-40-23-10-11-25-42(40)55-43(44)30-41-46(45)56-50(51-41)33-18-8-3-9-19-33/h1-30H. The summed E-state index contributed by atoms with van der Waals surface area (Å²) in [5.41, 5.74) is 10.9. The summed E-state index contributed by atoms with van der Waals surface area (Å²) in [5.74, 6) is 2.39. The van der Waals surface area contributed by atoms with Crippen LogP contribution in [0.15, 0.2) is 191 Å². The van der Waals surface area contributed by atoms with Crippen LogP contribution in [-0.2, 0) is 0 Å². The van der Waals surface area contributed by atoms with E-state index in [0.29, 0.717) is 28.9 Å². The highest BCUT2D eigenvalue weighted by Gasteiger charge is 2.23. The first-order valence-corrected chi connectivity index (χ1v) is 18.5. The van der Waals surface area contributed by atoms with Crippen molar-refractivity contribution in [3.05, 3.63) is 182 Å². The third-order valence-electron chi connectivity index (χ3n) is 10.3. The molecule has 3 heterocycles. The molecule has 11 aromatic rings. The molecular formula is C50H30N4O2. The van der Waals surface area contributed by atoms with Crippen molar-refractivity contribution >= 4 is 43.8 Å². The van der Waals surface area contributed by atoms with Crippen LogP contribution in [0, 0.1) is 0 Å². The Hall–Kier alpha value is -7.70. The zero-order chi connectivity index (χ0) is 37.0. The number of rotatable bonds is 6. The highest BCUT2D eigenvalue weighted by molar-refractivity contribution is 6.21. The van der Waals surface area contributed by atoms with Crippen LogP contribution >= 0.6 is 0 Å². The number of hydrogen-bond acceptors (Lipinski definition) is 6. The summed E-state index contributed by atoms with van der Waals surface area (Å²) in [6.45, 7) is 0. The van der Waals surface area contributed by atoms with E-state index < -0.39 is 0 Å². The fourth-order valence-electron chi connectivity index (χ4n) is 7.69. The molecule has 0 bridgehead atoms. The first-order valence-electron chi connectivity index (χ1n) is 18.5. The zero-order valence-electron chi connectivity index (χ0n) is 29.9. The van der Waals surface area contributed by atoms with Crippen molar-refractivity contribution in [2.24, 2.45) is 0 Å². The molecule has 6 nitrogen and oxygen atoms in total. The van der Waals surface area contributed by atoms with Gasteiger partial charge in [-0.2, -0.15) is 0 Å². The molecule has 262 valence electrons. The lowest BCUT2D eigenvalue weighted by atomic mass is 9.93. The molecule has 11 rings (SSSR count). The van der Waals surface area contributed by atoms with Gasteiger partial charge >= 0.3 is 0 Å². The minimum Gasteiger partial charge on any atom is -0.456 e. The van der Waals surface area contributed by atoms with Crippen molar-refractivity contribution in [3.63, 3.8) is 0 Å². The van der Waals surface area contributed by atoms with Gasteiger partial charge in [0.25, 0.3) is 0 Å². The molecule has 0 aliphatic heterocycles. The second-order valence-electron chi connectivity index (χ2n) is 13.8. The van der Waals surface area contributed by atoms with E-state index >= 15 is 0 Å². The monoisotopic (exact) mass is 718 g/mol. The largest absolute Gasteiger partial charge is 0.456 e. The Morgan fingerprint density at radius 3 is 1.73 bits per heavy atom. The SMILES string of the molecule is c1ccc(-c2cccc(-c3nc(-c4ccccc4)nc(-c4ccc5c(-c6c7oc(-c8ccccc8)nc7cc7oc8ccccc8c67)cccc5c4)n3)c2)cc1. The molecule has 0 radical (unpaired) electrons. The number of aromatic nitrogens is 4. The quantitative estimate of drug-likeness (QED) is 0.170. The third-order valence-corrected chi connectivity index (χ3v) is 10.3. The Labute approximate surface area is 321 Å². The number of fused-ring (bicyclic) bond motifs is 5. The van der Waals surface area contributed by atoms with Gasteiger partial charge in [-0.05, 0) is 57.8 Å². The molecule has 0 saturated heterocycles. The van der Waals surface area contributed by atoms with E-state index in [1.165, 1.54) is 0 Å². The average molecular weight is 719 g/mol. The van der Waals surface area contributed by atoms with Crippen LogP contribution in [0.4, 0.5) is 0 Å². The molecule has 0 spiro atoms. The highest BCUT2D eigenvalue weighted by Crippen LogP contribution is 2.45. The van der Waals surface area contributed by atoms with E-state index in [9.17, 15) is 0 Å². The number of furan rings is 1. The average Bonchev–Trinajstić information content (AvgIpc) is 3.87. The molecule has 0 unspecified atom stereocenters. The van der Waals surface area contributed by atoms with Crippen LogP contribution in [-0.4, -0.2) is 19.9 Å². The van der Waals surface area contributed by atoms with Gasteiger partial charge in [0, 0.05) is 44.7 Å². The summed E-state index contributed by atoms with van der Waals surface area (Å²) < 4.78 is 13.1. The van der Waals surface area contributed by atoms with Gasteiger partial charge in [-0.25, -0.2) is 19.9 Å². The third kappa shape index (κ3) is 5.43. The predicted octanol–water partition coefficient (Wildman–Crippen LogP) is 13.1. The fraction of sp³-hybridized carbons (Fsp3) is 0. The smallest absolute Gasteiger partial charge is 0.227 e.